The molecule has 2 heterocycles. The third-order valence-corrected chi connectivity index (χ3v) is 10.7. The van der Waals surface area contributed by atoms with Gasteiger partial charge in [0.15, 0.2) is 0 Å². The third kappa shape index (κ3) is 6.00. The quantitative estimate of drug-likeness (QED) is 0.122. The minimum Gasteiger partial charge on any atom is -0.285 e. The molecule has 0 spiro atoms. The second-order valence-corrected chi connectivity index (χ2v) is 13.8. The summed E-state index contributed by atoms with van der Waals surface area (Å²) in [5, 5.41) is 0. The summed E-state index contributed by atoms with van der Waals surface area (Å²) in [5.74, 6) is -4.22. The number of rotatable bonds is 12. The van der Waals surface area contributed by atoms with Crippen LogP contribution in [0.5, 0.6) is 0 Å². The summed E-state index contributed by atoms with van der Waals surface area (Å²) < 4.78 is 0. The number of hydrogen-bond donors (Lipinski definition) is 0. The van der Waals surface area contributed by atoms with Crippen molar-refractivity contribution in [2.24, 2.45) is 23.7 Å². The Labute approximate surface area is 282 Å². The average Bonchev–Trinajstić information content (AvgIpc) is 3.41. The third-order valence-electron chi connectivity index (χ3n) is 10.7. The minimum absolute atomic E-state index is 0.346. The number of carbonyl (C=O) groups is 4. The highest BCUT2D eigenvalue weighted by Crippen LogP contribution is 2.56. The van der Waals surface area contributed by atoms with E-state index in [0.717, 1.165) is 49.0 Å². The molecule has 6 nitrogen and oxygen atoms in total. The van der Waals surface area contributed by atoms with E-state index in [2.05, 4.69) is 79.7 Å². The van der Waals surface area contributed by atoms with Crippen molar-refractivity contribution < 1.29 is 19.2 Å². The number of nitrogens with zero attached hydrogens (tertiary/aromatic N) is 2. The Morgan fingerprint density at radius 1 is 0.438 bits per heavy atom. The van der Waals surface area contributed by atoms with E-state index in [1.807, 2.05) is 12.1 Å². The van der Waals surface area contributed by atoms with Gasteiger partial charge in [-0.3, -0.25) is 29.0 Å². The van der Waals surface area contributed by atoms with E-state index in [4.69, 9.17) is 0 Å². The van der Waals surface area contributed by atoms with Gasteiger partial charge in [0.05, 0.1) is 29.4 Å². The molecule has 4 aromatic carbocycles. The molecule has 3 fully saturated rings. The predicted molar refractivity (Wildman–Crippen MR) is 187 cm³/mol. The highest BCUT2D eigenvalue weighted by Gasteiger charge is 2.73. The van der Waals surface area contributed by atoms with E-state index in [-0.39, 0.29) is 23.6 Å². The van der Waals surface area contributed by atoms with Crippen molar-refractivity contribution >= 4 is 29.3 Å². The molecule has 4 amide bonds. The fourth-order valence-corrected chi connectivity index (χ4v) is 7.80. The van der Waals surface area contributed by atoms with Gasteiger partial charge in [-0.25, -0.2) is 0 Å². The molecule has 0 aromatic heterocycles. The molecule has 6 heteroatoms. The van der Waals surface area contributed by atoms with E-state index in [0.29, 0.717) is 5.69 Å². The van der Waals surface area contributed by atoms with Gasteiger partial charge in [-0.2, -0.15) is 0 Å². The normalized spacial score (nSPS) is 21.5. The van der Waals surface area contributed by atoms with Gasteiger partial charge in [-0.05, 0) is 104 Å². The second kappa shape index (κ2) is 13.3. The zero-order valence-electron chi connectivity index (χ0n) is 27.7. The number of benzene rings is 4. The maximum atomic E-state index is 13.1. The maximum absolute atomic E-state index is 13.1. The number of fused-ring (bicyclic) bond motifs is 4. The standard InChI is InChI=1S/C42H42N2O4/c1-27-11-13-28(14-12-27)7-3-4-8-29-15-21-32(22-16-29)33-23-17-30(18-24-33)9-5-6-10-31-19-25-34(26-20-31)44-41(47)37-35-36(38(37)42(44)48)40(46)43(2)39(35)45/h11-26,35-38H,3-10H2,1-2H3. The van der Waals surface area contributed by atoms with Crippen molar-refractivity contribution in [2.75, 3.05) is 11.9 Å². The number of aryl methyl sites for hydroxylation is 5. The van der Waals surface area contributed by atoms with Crippen LogP contribution < -0.4 is 4.90 Å². The highest BCUT2D eigenvalue weighted by molar-refractivity contribution is 6.27. The molecule has 2 saturated heterocycles. The first kappa shape index (κ1) is 31.7. The Morgan fingerprint density at radius 3 is 1.12 bits per heavy atom. The Morgan fingerprint density at radius 2 is 0.750 bits per heavy atom. The van der Waals surface area contributed by atoms with Crippen LogP contribution in [-0.4, -0.2) is 35.6 Å². The van der Waals surface area contributed by atoms with Crippen LogP contribution in [0, 0.1) is 30.6 Å². The molecule has 0 bridgehead atoms. The molecule has 3 aliphatic rings. The van der Waals surface area contributed by atoms with E-state index < -0.39 is 23.7 Å². The van der Waals surface area contributed by atoms with Gasteiger partial charge in [0.2, 0.25) is 23.6 Å². The van der Waals surface area contributed by atoms with Crippen LogP contribution in [0.15, 0.2) is 97.1 Å². The lowest BCUT2D eigenvalue weighted by atomic mass is 9.59. The summed E-state index contributed by atoms with van der Waals surface area (Å²) in [5.41, 5.74) is 9.60. The zero-order valence-corrected chi connectivity index (χ0v) is 27.7. The number of unbranched alkanes of at least 4 members (excludes halogenated alkanes) is 2. The second-order valence-electron chi connectivity index (χ2n) is 13.8. The Balaban J connectivity index is 0.844. The predicted octanol–water partition coefficient (Wildman–Crippen LogP) is 7.14. The van der Waals surface area contributed by atoms with Gasteiger partial charge >= 0.3 is 0 Å². The van der Waals surface area contributed by atoms with Crippen molar-refractivity contribution in [2.45, 2.75) is 58.3 Å². The van der Waals surface area contributed by atoms with Crippen LogP contribution in [0.4, 0.5) is 5.69 Å². The van der Waals surface area contributed by atoms with E-state index in [9.17, 15) is 19.2 Å². The molecule has 4 aromatic rings. The van der Waals surface area contributed by atoms with Crippen molar-refractivity contribution in [1.29, 1.82) is 0 Å². The lowest BCUT2D eigenvalue weighted by Gasteiger charge is -2.36. The van der Waals surface area contributed by atoms with E-state index >= 15 is 0 Å². The molecule has 0 radical (unpaired) electrons. The lowest BCUT2D eigenvalue weighted by molar-refractivity contribution is -0.146. The molecule has 0 N–H and O–H groups in total. The average molecular weight is 639 g/mol. The van der Waals surface area contributed by atoms with Crippen LogP contribution in [0.2, 0.25) is 0 Å². The summed E-state index contributed by atoms with van der Waals surface area (Å²) in [6, 6.07) is 34.3. The molecule has 4 atom stereocenters. The van der Waals surface area contributed by atoms with Crippen molar-refractivity contribution in [3.8, 4) is 11.1 Å². The fraction of sp³-hybridized carbons (Fsp3) is 0.333. The van der Waals surface area contributed by atoms with Crippen LogP contribution in [0.3, 0.4) is 0 Å². The zero-order chi connectivity index (χ0) is 33.4. The molecule has 1 aliphatic carbocycles. The molecule has 7 rings (SSSR count). The Hall–Kier alpha value is -4.84. The van der Waals surface area contributed by atoms with Gasteiger partial charge in [0.25, 0.3) is 0 Å². The number of amides is 4. The number of imide groups is 2. The van der Waals surface area contributed by atoms with Crippen LogP contribution in [0.25, 0.3) is 11.1 Å². The van der Waals surface area contributed by atoms with Crippen molar-refractivity contribution in [3.05, 3.63) is 125 Å². The summed E-state index contributed by atoms with van der Waals surface area (Å²) in [6.07, 6.45) is 8.65. The van der Waals surface area contributed by atoms with Crippen molar-refractivity contribution in [1.82, 2.24) is 4.90 Å². The first-order valence-corrected chi connectivity index (χ1v) is 17.3. The van der Waals surface area contributed by atoms with Gasteiger partial charge in [-0.1, -0.05) is 90.5 Å². The monoisotopic (exact) mass is 638 g/mol. The highest BCUT2D eigenvalue weighted by atomic mass is 16.2. The van der Waals surface area contributed by atoms with Crippen LogP contribution in [0.1, 0.15) is 53.5 Å². The fourth-order valence-electron chi connectivity index (χ4n) is 7.80. The Bertz CT molecular complexity index is 1790. The molecule has 48 heavy (non-hydrogen) atoms. The first-order valence-electron chi connectivity index (χ1n) is 17.3. The molecule has 244 valence electrons. The number of hydrogen-bond acceptors (Lipinski definition) is 4. The molecular weight excluding hydrogens is 596 g/mol. The number of carbonyl (C=O) groups excluding carboxylic acids is 4. The summed E-state index contributed by atoms with van der Waals surface area (Å²) in [6.45, 7) is 2.13. The smallest absolute Gasteiger partial charge is 0.238 e. The summed E-state index contributed by atoms with van der Waals surface area (Å²) in [4.78, 5) is 53.4. The first-order chi connectivity index (χ1) is 23.3. The largest absolute Gasteiger partial charge is 0.285 e. The van der Waals surface area contributed by atoms with Crippen LogP contribution >= 0.6 is 0 Å². The number of likely N-dealkylation sites (tertiary alicyclic amines) is 1. The van der Waals surface area contributed by atoms with Crippen molar-refractivity contribution in [3.63, 3.8) is 0 Å². The number of anilines is 1. The molecular formula is C42H42N2O4. The van der Waals surface area contributed by atoms with Gasteiger partial charge < -0.3 is 0 Å². The topological polar surface area (TPSA) is 74.8 Å². The molecule has 2 aliphatic heterocycles. The minimum atomic E-state index is -0.715. The van der Waals surface area contributed by atoms with Crippen LogP contribution in [-0.2, 0) is 44.9 Å². The lowest BCUT2D eigenvalue weighted by Crippen LogP contribution is -2.50. The van der Waals surface area contributed by atoms with Gasteiger partial charge in [0, 0.05) is 7.05 Å². The molecule has 1 saturated carbocycles. The van der Waals surface area contributed by atoms with E-state index in [1.54, 1.807) is 12.1 Å². The maximum Gasteiger partial charge on any atom is 0.238 e. The Kier molecular flexibility index (Phi) is 8.83. The van der Waals surface area contributed by atoms with Gasteiger partial charge in [0.1, 0.15) is 0 Å². The summed E-state index contributed by atoms with van der Waals surface area (Å²) >= 11 is 0. The summed E-state index contributed by atoms with van der Waals surface area (Å²) in [7, 11) is 1.43. The van der Waals surface area contributed by atoms with Gasteiger partial charge in [-0.15, -0.1) is 0 Å². The molecule has 4 unspecified atom stereocenters. The SMILES string of the molecule is Cc1ccc(CCCCc2ccc(-c3ccc(CCCCc4ccc(N5C(=O)C6C7C(=O)N(C)C(=O)C7C6C5=O)cc4)cc3)cc2)cc1. The van der Waals surface area contributed by atoms with E-state index in [1.165, 1.54) is 58.2 Å².